The third-order valence-electron chi connectivity index (χ3n) is 14.3. The molecule has 3 fully saturated rings. The number of imide groups is 1. The summed E-state index contributed by atoms with van der Waals surface area (Å²) in [4.78, 5) is 81.3. The van der Waals surface area contributed by atoms with Crippen molar-refractivity contribution in [2.24, 2.45) is 0 Å². The van der Waals surface area contributed by atoms with Crippen LogP contribution in [0.5, 0.6) is 0 Å². The smallest absolute Gasteiger partial charge is 0.255 e. The van der Waals surface area contributed by atoms with E-state index in [9.17, 15) is 28.8 Å². The van der Waals surface area contributed by atoms with Gasteiger partial charge in [0.15, 0.2) is 0 Å². The molecule has 348 valence electrons. The minimum atomic E-state index is -1.36. The van der Waals surface area contributed by atoms with Crippen molar-refractivity contribution in [2.45, 2.75) is 93.4 Å². The van der Waals surface area contributed by atoms with E-state index >= 15 is 4.39 Å². The van der Waals surface area contributed by atoms with Gasteiger partial charge >= 0.3 is 0 Å². The summed E-state index contributed by atoms with van der Waals surface area (Å²) in [5.41, 5.74) is 2.97. The molecule has 17 heteroatoms. The molecule has 6 amide bonds. The molecule has 1 unspecified atom stereocenters. The molecule has 4 aliphatic heterocycles. The summed E-state index contributed by atoms with van der Waals surface area (Å²) in [5, 5.41) is 19.7. The van der Waals surface area contributed by atoms with E-state index in [4.69, 9.17) is 23.2 Å². The molecule has 2 saturated heterocycles. The molecular weight excluding hydrogens is 911 g/mol. The number of hydrogen-bond donors (Lipinski definition) is 5. The second-order valence-electron chi connectivity index (χ2n) is 18.2. The van der Waals surface area contributed by atoms with E-state index < -0.39 is 46.6 Å². The highest BCUT2D eigenvalue weighted by molar-refractivity contribution is 6.31. The number of hydrogen-bond acceptors (Lipinski definition) is 8. The predicted molar refractivity (Wildman–Crippen MR) is 254 cm³/mol. The number of carbonyl (C=O) groups excluding carboxylic acids is 6. The molecule has 4 aromatic carbocycles. The molecule has 5 aromatic rings. The van der Waals surface area contributed by atoms with Crippen LogP contribution in [0.25, 0.3) is 12.2 Å². The van der Waals surface area contributed by atoms with Gasteiger partial charge in [-0.25, -0.2) is 4.39 Å². The molecule has 1 aromatic heterocycles. The van der Waals surface area contributed by atoms with E-state index in [1.807, 2.05) is 30.5 Å². The quantitative estimate of drug-likeness (QED) is 0.0672. The molecule has 14 nitrogen and oxygen atoms in total. The highest BCUT2D eigenvalue weighted by atomic mass is 35.5. The Morgan fingerprint density at radius 2 is 1.72 bits per heavy atom. The first-order valence-electron chi connectivity index (χ1n) is 22.9. The van der Waals surface area contributed by atoms with Gasteiger partial charge in [-0.3, -0.25) is 44.1 Å². The van der Waals surface area contributed by atoms with Gasteiger partial charge in [-0.1, -0.05) is 84.9 Å². The lowest BCUT2D eigenvalue weighted by Crippen LogP contribution is -2.60. The number of piperidine rings is 1. The Morgan fingerprint density at radius 3 is 2.51 bits per heavy atom. The molecule has 2 spiro atoms. The van der Waals surface area contributed by atoms with Crippen LogP contribution in [0.4, 0.5) is 15.8 Å². The molecular formula is C51H47Cl2FN8O6. The number of rotatable bonds is 11. The number of aromatic nitrogens is 2. The number of aryl methyl sites for hydroxylation is 1. The maximum atomic E-state index is 16.3. The molecule has 1 aliphatic carbocycles. The van der Waals surface area contributed by atoms with Gasteiger partial charge < -0.3 is 20.9 Å². The van der Waals surface area contributed by atoms with Gasteiger partial charge in [0.1, 0.15) is 17.3 Å². The Hall–Kier alpha value is -6.68. The highest BCUT2D eigenvalue weighted by Crippen LogP contribution is 2.63. The summed E-state index contributed by atoms with van der Waals surface area (Å²) < 4.78 is 18.1. The van der Waals surface area contributed by atoms with E-state index in [1.165, 1.54) is 11.0 Å². The van der Waals surface area contributed by atoms with Gasteiger partial charge in [0.2, 0.25) is 23.6 Å². The maximum Gasteiger partial charge on any atom is 0.255 e. The fraction of sp³-hybridized carbons (Fsp3) is 0.314. The normalized spacial score (nSPS) is 22.7. The van der Waals surface area contributed by atoms with Crippen molar-refractivity contribution in [1.82, 2.24) is 30.6 Å². The van der Waals surface area contributed by atoms with Gasteiger partial charge in [0.05, 0.1) is 17.3 Å². The minimum absolute atomic E-state index is 0.110. The second kappa shape index (κ2) is 18.1. The highest BCUT2D eigenvalue weighted by Gasteiger charge is 2.72. The Kier molecular flexibility index (Phi) is 12.0. The number of nitrogens with zero attached hydrogens (tertiary/aromatic N) is 3. The van der Waals surface area contributed by atoms with Gasteiger partial charge in [-0.15, -0.1) is 0 Å². The van der Waals surface area contributed by atoms with Crippen LogP contribution < -0.4 is 26.6 Å². The van der Waals surface area contributed by atoms with Gasteiger partial charge in [0.25, 0.3) is 11.8 Å². The standard InChI is InChI=1S/C51H47Cl2FN8O6/c52-32-15-18-37-39(25-32)58-49(68)51(37)42(35-9-5-10-38(53)43(35)54)44(60-50(51)21-2-1-3-22-50)47(66)57-33-16-13-31(14-17-33)45(64)55-23-6-24-61-27-29(26-56-61)11-12-30-7-4-8-34-36(30)28-62(48(34)67)40-19-20-41(63)59-46(40)65/h4-5,7-18,25-27,40,42,44,60H,1-3,6,19-24,28H2,(H,55,64)(H,57,66)(H,58,68)(H,59,63,65)/b12-11-/t40?,42-,44+,51+/m0/s1. The van der Waals surface area contributed by atoms with Gasteiger partial charge in [-0.05, 0) is 96.5 Å². The van der Waals surface area contributed by atoms with Crippen LogP contribution in [0.15, 0.2) is 91.3 Å². The Labute approximate surface area is 401 Å². The van der Waals surface area contributed by atoms with E-state index in [1.54, 1.807) is 71.5 Å². The van der Waals surface area contributed by atoms with E-state index in [0.29, 0.717) is 71.9 Å². The van der Waals surface area contributed by atoms with Crippen molar-refractivity contribution in [2.75, 3.05) is 17.2 Å². The first-order chi connectivity index (χ1) is 32.9. The summed E-state index contributed by atoms with van der Waals surface area (Å²) in [5.74, 6) is -3.75. The van der Waals surface area contributed by atoms with E-state index in [0.717, 1.165) is 36.0 Å². The van der Waals surface area contributed by atoms with Crippen LogP contribution in [-0.4, -0.2) is 74.3 Å². The van der Waals surface area contributed by atoms with Gasteiger partial charge in [0, 0.05) is 76.8 Å². The number of anilines is 2. The first-order valence-corrected chi connectivity index (χ1v) is 23.6. The van der Waals surface area contributed by atoms with Crippen LogP contribution in [0, 0.1) is 5.82 Å². The summed E-state index contributed by atoms with van der Waals surface area (Å²) in [6.07, 6.45) is 12.3. The fourth-order valence-corrected chi connectivity index (χ4v) is 11.6. The lowest BCUT2D eigenvalue weighted by molar-refractivity contribution is -0.137. The van der Waals surface area contributed by atoms with Crippen LogP contribution >= 0.6 is 23.2 Å². The minimum Gasteiger partial charge on any atom is -0.352 e. The molecule has 1 saturated carbocycles. The third kappa shape index (κ3) is 7.85. The second-order valence-corrected chi connectivity index (χ2v) is 19.0. The summed E-state index contributed by atoms with van der Waals surface area (Å²) in [7, 11) is 0. The number of fused-ring (bicyclic) bond motifs is 4. The number of halogens is 3. The maximum absolute atomic E-state index is 16.3. The molecule has 68 heavy (non-hydrogen) atoms. The van der Waals surface area contributed by atoms with E-state index in [-0.39, 0.29) is 47.2 Å². The zero-order chi connectivity index (χ0) is 47.3. The van der Waals surface area contributed by atoms with Crippen molar-refractivity contribution in [3.8, 4) is 0 Å². The molecule has 5 heterocycles. The van der Waals surface area contributed by atoms with Crippen LogP contribution in [-0.2, 0) is 37.7 Å². The van der Waals surface area contributed by atoms with Gasteiger partial charge in [-0.2, -0.15) is 5.10 Å². The largest absolute Gasteiger partial charge is 0.352 e. The summed E-state index contributed by atoms with van der Waals surface area (Å²) in [6, 6.07) is 20.1. The van der Waals surface area contributed by atoms with Crippen LogP contribution in [0.1, 0.15) is 106 Å². The predicted octanol–water partition coefficient (Wildman–Crippen LogP) is 7.37. The average Bonchev–Trinajstić information content (AvgIpc) is 4.08. The zero-order valence-electron chi connectivity index (χ0n) is 36.8. The summed E-state index contributed by atoms with van der Waals surface area (Å²) in [6.45, 7) is 1.18. The Bertz CT molecular complexity index is 2930. The number of amides is 6. The number of carbonyl (C=O) groups is 6. The van der Waals surface area contributed by atoms with Crippen molar-refractivity contribution >= 4 is 82.2 Å². The zero-order valence-corrected chi connectivity index (χ0v) is 38.3. The van der Waals surface area contributed by atoms with Crippen molar-refractivity contribution in [1.29, 1.82) is 0 Å². The molecule has 5 aliphatic rings. The molecule has 0 radical (unpaired) electrons. The number of nitrogens with one attached hydrogen (secondary N) is 5. The number of benzene rings is 4. The molecule has 5 N–H and O–H groups in total. The Balaban J connectivity index is 0.772. The molecule has 4 atom stereocenters. The fourth-order valence-electron chi connectivity index (χ4n) is 11.2. The van der Waals surface area contributed by atoms with Crippen molar-refractivity contribution < 1.29 is 33.2 Å². The average molecular weight is 958 g/mol. The Morgan fingerprint density at radius 1 is 0.926 bits per heavy atom. The van der Waals surface area contributed by atoms with Crippen LogP contribution in [0.2, 0.25) is 10.0 Å². The van der Waals surface area contributed by atoms with Crippen molar-refractivity contribution in [3.05, 3.63) is 146 Å². The molecule has 0 bridgehead atoms. The lowest BCUT2D eigenvalue weighted by atomic mass is 9.55. The molecule has 10 rings (SSSR count). The lowest BCUT2D eigenvalue weighted by Gasteiger charge is -2.47. The monoisotopic (exact) mass is 956 g/mol. The SMILES string of the molecule is O=C1CCC(N2Cc3c(/C=C\c4cnn(CCCNC(=O)c5ccc(NC(=O)[C@@H]6NC7(CCCCC7)[C@@]7(C(=O)Nc8cc(Cl)ccc87)[C@H]6c6cccc(Cl)c6F)cc5)c4)cccc3C2=O)C(=O)N1. The topological polar surface area (TPSA) is 184 Å². The van der Waals surface area contributed by atoms with Crippen molar-refractivity contribution in [3.63, 3.8) is 0 Å². The third-order valence-corrected chi connectivity index (χ3v) is 14.8. The first kappa shape index (κ1) is 45.1. The summed E-state index contributed by atoms with van der Waals surface area (Å²) >= 11 is 12.8. The van der Waals surface area contributed by atoms with E-state index in [2.05, 4.69) is 31.7 Å². The van der Waals surface area contributed by atoms with Crippen LogP contribution in [0.3, 0.4) is 0 Å².